The Hall–Kier alpha value is -2.36. The zero-order valence-electron chi connectivity index (χ0n) is 11.8. The summed E-state index contributed by atoms with van der Waals surface area (Å²) in [5, 5.41) is 12.1. The Morgan fingerprint density at radius 1 is 1.24 bits per heavy atom. The molecule has 0 bridgehead atoms. The van der Waals surface area contributed by atoms with Gasteiger partial charge in [0.05, 0.1) is 11.3 Å². The number of hydrogen-bond acceptors (Lipinski definition) is 2. The summed E-state index contributed by atoms with van der Waals surface area (Å²) in [6, 6.07) is 13.8. The standard InChI is InChI=1S/C17H18FNO2/c1-2-14(10-12-6-4-3-5-7-12)19-16-11-13(17(20)21)8-9-15(16)18/h3-9,11,14,19H,2,10H2,1H3,(H,20,21). The lowest BCUT2D eigenvalue weighted by molar-refractivity contribution is 0.0697. The molecule has 2 aromatic carbocycles. The van der Waals surface area contributed by atoms with Crippen LogP contribution in [-0.2, 0) is 6.42 Å². The predicted octanol–water partition coefficient (Wildman–Crippen LogP) is 3.96. The van der Waals surface area contributed by atoms with Crippen molar-refractivity contribution in [3.8, 4) is 0 Å². The van der Waals surface area contributed by atoms with E-state index in [-0.39, 0.29) is 17.3 Å². The number of rotatable bonds is 6. The third-order valence-electron chi connectivity index (χ3n) is 3.39. The first-order valence-corrected chi connectivity index (χ1v) is 6.93. The highest BCUT2D eigenvalue weighted by Crippen LogP contribution is 2.19. The van der Waals surface area contributed by atoms with Crippen LogP contribution >= 0.6 is 0 Å². The van der Waals surface area contributed by atoms with Crippen molar-refractivity contribution in [1.82, 2.24) is 0 Å². The maximum atomic E-state index is 13.8. The monoisotopic (exact) mass is 287 g/mol. The van der Waals surface area contributed by atoms with E-state index in [1.165, 1.54) is 18.2 Å². The van der Waals surface area contributed by atoms with E-state index in [1.54, 1.807) is 0 Å². The van der Waals surface area contributed by atoms with Gasteiger partial charge in [-0.3, -0.25) is 0 Å². The Balaban J connectivity index is 2.14. The van der Waals surface area contributed by atoms with Crippen LogP contribution in [0.5, 0.6) is 0 Å². The van der Waals surface area contributed by atoms with E-state index >= 15 is 0 Å². The number of benzene rings is 2. The molecule has 0 aliphatic rings. The van der Waals surface area contributed by atoms with E-state index < -0.39 is 11.8 Å². The number of carboxylic acids is 1. The molecule has 0 aromatic heterocycles. The van der Waals surface area contributed by atoms with Crippen LogP contribution in [-0.4, -0.2) is 17.1 Å². The van der Waals surface area contributed by atoms with Crippen molar-refractivity contribution >= 4 is 11.7 Å². The maximum Gasteiger partial charge on any atom is 0.335 e. The highest BCUT2D eigenvalue weighted by molar-refractivity contribution is 5.88. The minimum absolute atomic E-state index is 0.0472. The van der Waals surface area contributed by atoms with Crippen LogP contribution in [0.25, 0.3) is 0 Å². The van der Waals surface area contributed by atoms with E-state index in [1.807, 2.05) is 37.3 Å². The smallest absolute Gasteiger partial charge is 0.335 e. The van der Waals surface area contributed by atoms with Crippen molar-refractivity contribution in [2.75, 3.05) is 5.32 Å². The Kier molecular flexibility index (Phi) is 4.93. The molecular weight excluding hydrogens is 269 g/mol. The molecule has 21 heavy (non-hydrogen) atoms. The molecule has 4 heteroatoms. The molecule has 0 fully saturated rings. The maximum absolute atomic E-state index is 13.8. The van der Waals surface area contributed by atoms with E-state index in [0.29, 0.717) is 0 Å². The fourth-order valence-electron chi connectivity index (χ4n) is 2.18. The fourth-order valence-corrected chi connectivity index (χ4v) is 2.18. The average Bonchev–Trinajstić information content (AvgIpc) is 2.49. The predicted molar refractivity (Wildman–Crippen MR) is 81.2 cm³/mol. The highest BCUT2D eigenvalue weighted by atomic mass is 19.1. The lowest BCUT2D eigenvalue weighted by Gasteiger charge is -2.19. The number of halogens is 1. The minimum Gasteiger partial charge on any atom is -0.478 e. The Morgan fingerprint density at radius 2 is 1.95 bits per heavy atom. The van der Waals surface area contributed by atoms with Gasteiger partial charge in [0.25, 0.3) is 0 Å². The summed E-state index contributed by atoms with van der Waals surface area (Å²) < 4.78 is 13.8. The van der Waals surface area contributed by atoms with Gasteiger partial charge in [-0.25, -0.2) is 9.18 Å². The Morgan fingerprint density at radius 3 is 2.57 bits per heavy atom. The molecular formula is C17H18FNO2. The summed E-state index contributed by atoms with van der Waals surface area (Å²) in [6.45, 7) is 2.01. The molecule has 0 saturated heterocycles. The first-order chi connectivity index (χ1) is 10.1. The zero-order valence-corrected chi connectivity index (χ0v) is 11.8. The molecule has 2 rings (SSSR count). The van der Waals surface area contributed by atoms with Gasteiger partial charge >= 0.3 is 5.97 Å². The molecule has 2 aromatic rings. The van der Waals surface area contributed by atoms with Crippen molar-refractivity contribution in [1.29, 1.82) is 0 Å². The van der Waals surface area contributed by atoms with Crippen molar-refractivity contribution in [2.45, 2.75) is 25.8 Å². The van der Waals surface area contributed by atoms with E-state index in [9.17, 15) is 9.18 Å². The largest absolute Gasteiger partial charge is 0.478 e. The van der Waals surface area contributed by atoms with Gasteiger partial charge in [0, 0.05) is 6.04 Å². The second kappa shape index (κ2) is 6.88. The number of aromatic carboxylic acids is 1. The normalized spacial score (nSPS) is 11.9. The van der Waals surface area contributed by atoms with E-state index in [4.69, 9.17) is 5.11 Å². The molecule has 0 spiro atoms. The number of hydrogen-bond donors (Lipinski definition) is 2. The van der Waals surface area contributed by atoms with Crippen LogP contribution in [0.1, 0.15) is 29.3 Å². The van der Waals surface area contributed by atoms with Gasteiger partial charge in [-0.15, -0.1) is 0 Å². The minimum atomic E-state index is -1.06. The molecule has 110 valence electrons. The molecule has 0 radical (unpaired) electrons. The summed E-state index contributed by atoms with van der Waals surface area (Å²) in [7, 11) is 0. The molecule has 0 heterocycles. The number of anilines is 1. The van der Waals surface area contributed by atoms with E-state index in [0.717, 1.165) is 18.4 Å². The van der Waals surface area contributed by atoms with Crippen molar-refractivity contribution in [2.24, 2.45) is 0 Å². The molecule has 3 nitrogen and oxygen atoms in total. The fraction of sp³-hybridized carbons (Fsp3) is 0.235. The van der Waals surface area contributed by atoms with Gasteiger partial charge in [-0.05, 0) is 36.6 Å². The van der Waals surface area contributed by atoms with Crippen molar-refractivity contribution < 1.29 is 14.3 Å². The van der Waals surface area contributed by atoms with Crippen LogP contribution in [0, 0.1) is 5.82 Å². The van der Waals surface area contributed by atoms with Gasteiger partial charge < -0.3 is 10.4 Å². The quantitative estimate of drug-likeness (QED) is 0.845. The lowest BCUT2D eigenvalue weighted by Crippen LogP contribution is -2.22. The van der Waals surface area contributed by atoms with Crippen LogP contribution in [0.3, 0.4) is 0 Å². The van der Waals surface area contributed by atoms with Crippen LogP contribution < -0.4 is 5.32 Å². The Labute approximate surface area is 123 Å². The number of nitrogens with one attached hydrogen (secondary N) is 1. The van der Waals surface area contributed by atoms with Crippen molar-refractivity contribution in [3.05, 3.63) is 65.5 Å². The second-order valence-electron chi connectivity index (χ2n) is 4.94. The lowest BCUT2D eigenvalue weighted by atomic mass is 10.0. The number of carbonyl (C=O) groups is 1. The topological polar surface area (TPSA) is 49.3 Å². The van der Waals surface area contributed by atoms with Gasteiger partial charge in [0.15, 0.2) is 0 Å². The average molecular weight is 287 g/mol. The summed E-state index contributed by atoms with van der Waals surface area (Å²) >= 11 is 0. The molecule has 0 aliphatic heterocycles. The van der Waals surface area contributed by atoms with Gasteiger partial charge in [0.1, 0.15) is 5.82 Å². The molecule has 0 aliphatic carbocycles. The summed E-state index contributed by atoms with van der Waals surface area (Å²) in [5.74, 6) is -1.50. The third kappa shape index (κ3) is 4.05. The molecule has 0 amide bonds. The molecule has 1 atom stereocenters. The van der Waals surface area contributed by atoms with Crippen LogP contribution in [0.2, 0.25) is 0 Å². The summed E-state index contributed by atoms with van der Waals surface area (Å²) in [4.78, 5) is 11.0. The first-order valence-electron chi connectivity index (χ1n) is 6.93. The second-order valence-corrected chi connectivity index (χ2v) is 4.94. The third-order valence-corrected chi connectivity index (χ3v) is 3.39. The van der Waals surface area contributed by atoms with E-state index in [2.05, 4.69) is 5.32 Å². The molecule has 2 N–H and O–H groups in total. The zero-order chi connectivity index (χ0) is 15.2. The van der Waals surface area contributed by atoms with Crippen LogP contribution in [0.4, 0.5) is 10.1 Å². The first kappa shape index (κ1) is 15.0. The summed E-state index contributed by atoms with van der Waals surface area (Å²) in [6.07, 6.45) is 1.57. The summed E-state index contributed by atoms with van der Waals surface area (Å²) in [5.41, 5.74) is 1.47. The molecule has 0 saturated carbocycles. The van der Waals surface area contributed by atoms with Crippen LogP contribution in [0.15, 0.2) is 48.5 Å². The Bertz CT molecular complexity index is 613. The SMILES string of the molecule is CCC(Cc1ccccc1)Nc1cc(C(=O)O)ccc1F. The van der Waals surface area contributed by atoms with Gasteiger partial charge in [-0.2, -0.15) is 0 Å². The highest BCUT2D eigenvalue weighted by Gasteiger charge is 2.12. The molecule has 1 unspecified atom stereocenters. The van der Waals surface area contributed by atoms with Gasteiger partial charge in [0.2, 0.25) is 0 Å². The van der Waals surface area contributed by atoms with Gasteiger partial charge in [-0.1, -0.05) is 37.3 Å². The van der Waals surface area contributed by atoms with Crippen molar-refractivity contribution in [3.63, 3.8) is 0 Å². The number of carboxylic acid groups (broad SMARTS) is 1.